The standard InChI is InChI=1S/C7H17N3O/c1-7(2,8)5-9-6(11)10(3)4/h5,8H2,1-4H3,(H,9,11). The van der Waals surface area contributed by atoms with Crippen molar-refractivity contribution in [2.24, 2.45) is 5.73 Å². The molecule has 0 unspecified atom stereocenters. The minimum atomic E-state index is -0.342. The van der Waals surface area contributed by atoms with Gasteiger partial charge in [-0.25, -0.2) is 4.79 Å². The third-order valence-corrected chi connectivity index (χ3v) is 1.10. The molecule has 0 fully saturated rings. The minimum absolute atomic E-state index is 0.108. The molecule has 2 amide bonds. The first kappa shape index (κ1) is 10.2. The molecule has 0 radical (unpaired) electrons. The Morgan fingerprint density at radius 2 is 2.00 bits per heavy atom. The lowest BCUT2D eigenvalue weighted by atomic mass is 10.1. The molecule has 0 aromatic heterocycles. The number of nitrogens with zero attached hydrogens (tertiary/aromatic N) is 1. The zero-order valence-corrected chi connectivity index (χ0v) is 7.64. The highest BCUT2D eigenvalue weighted by Gasteiger charge is 2.12. The Labute approximate surface area is 67.7 Å². The predicted molar refractivity (Wildman–Crippen MR) is 45.4 cm³/mol. The third-order valence-electron chi connectivity index (χ3n) is 1.10. The van der Waals surface area contributed by atoms with Gasteiger partial charge in [-0.2, -0.15) is 0 Å². The van der Waals surface area contributed by atoms with Gasteiger partial charge in [0, 0.05) is 26.2 Å². The fraction of sp³-hybridized carbons (Fsp3) is 0.857. The Morgan fingerprint density at radius 3 is 2.27 bits per heavy atom. The van der Waals surface area contributed by atoms with Crippen molar-refractivity contribution in [3.8, 4) is 0 Å². The van der Waals surface area contributed by atoms with Gasteiger partial charge in [0.15, 0.2) is 0 Å². The van der Waals surface area contributed by atoms with E-state index < -0.39 is 0 Å². The molecule has 0 bridgehead atoms. The van der Waals surface area contributed by atoms with Crippen LogP contribution in [-0.2, 0) is 0 Å². The van der Waals surface area contributed by atoms with Gasteiger partial charge in [0.2, 0.25) is 0 Å². The highest BCUT2D eigenvalue weighted by Crippen LogP contribution is 1.92. The molecule has 0 aromatic rings. The Hall–Kier alpha value is -0.770. The van der Waals surface area contributed by atoms with E-state index in [1.165, 1.54) is 4.90 Å². The topological polar surface area (TPSA) is 58.4 Å². The zero-order chi connectivity index (χ0) is 9.07. The molecule has 0 spiro atoms. The highest BCUT2D eigenvalue weighted by molar-refractivity contribution is 5.73. The number of urea groups is 1. The summed E-state index contributed by atoms with van der Waals surface area (Å²) >= 11 is 0. The molecule has 11 heavy (non-hydrogen) atoms. The van der Waals surface area contributed by atoms with Gasteiger partial charge in [0.25, 0.3) is 0 Å². The molecule has 0 heterocycles. The van der Waals surface area contributed by atoms with Gasteiger partial charge in [0.05, 0.1) is 0 Å². The molecule has 0 aliphatic rings. The molecule has 0 saturated heterocycles. The monoisotopic (exact) mass is 159 g/mol. The van der Waals surface area contributed by atoms with Crippen molar-refractivity contribution >= 4 is 6.03 Å². The number of nitrogens with two attached hydrogens (primary N) is 1. The summed E-state index contributed by atoms with van der Waals surface area (Å²) in [4.78, 5) is 12.4. The average Bonchev–Trinajstić information content (AvgIpc) is 1.80. The normalized spacial score (nSPS) is 11.0. The summed E-state index contributed by atoms with van der Waals surface area (Å²) in [6.45, 7) is 4.22. The van der Waals surface area contributed by atoms with Gasteiger partial charge in [-0.1, -0.05) is 0 Å². The number of hydrogen-bond donors (Lipinski definition) is 2. The predicted octanol–water partition coefficient (Wildman–Crippen LogP) is -0.00510. The fourth-order valence-electron chi connectivity index (χ4n) is 0.462. The summed E-state index contributed by atoms with van der Waals surface area (Å²) in [5.41, 5.74) is 5.31. The summed E-state index contributed by atoms with van der Waals surface area (Å²) < 4.78 is 0. The quantitative estimate of drug-likeness (QED) is 0.595. The third kappa shape index (κ3) is 5.66. The second-order valence-electron chi connectivity index (χ2n) is 3.54. The summed E-state index contributed by atoms with van der Waals surface area (Å²) in [5.74, 6) is 0. The van der Waals surface area contributed by atoms with Crippen molar-refractivity contribution in [1.29, 1.82) is 0 Å². The van der Waals surface area contributed by atoms with E-state index in [0.717, 1.165) is 0 Å². The number of rotatable bonds is 2. The molecule has 0 saturated carbocycles. The lowest BCUT2D eigenvalue weighted by Crippen LogP contribution is -2.47. The van der Waals surface area contributed by atoms with E-state index in [2.05, 4.69) is 5.32 Å². The van der Waals surface area contributed by atoms with Crippen LogP contribution in [0.25, 0.3) is 0 Å². The number of nitrogens with one attached hydrogen (secondary N) is 1. The van der Waals surface area contributed by atoms with Crippen LogP contribution in [0.2, 0.25) is 0 Å². The van der Waals surface area contributed by atoms with Crippen molar-refractivity contribution in [2.45, 2.75) is 19.4 Å². The van der Waals surface area contributed by atoms with Gasteiger partial charge in [0.1, 0.15) is 0 Å². The van der Waals surface area contributed by atoms with E-state index in [1.807, 2.05) is 13.8 Å². The molecule has 66 valence electrons. The molecule has 4 nitrogen and oxygen atoms in total. The maximum atomic E-state index is 10.9. The lowest BCUT2D eigenvalue weighted by Gasteiger charge is -2.20. The van der Waals surface area contributed by atoms with Gasteiger partial charge < -0.3 is 16.0 Å². The van der Waals surface area contributed by atoms with Crippen molar-refractivity contribution in [3.05, 3.63) is 0 Å². The average molecular weight is 159 g/mol. The molecule has 0 aromatic carbocycles. The SMILES string of the molecule is CN(C)C(=O)NCC(C)(C)N. The maximum absolute atomic E-state index is 10.9. The van der Waals surface area contributed by atoms with Crippen LogP contribution in [-0.4, -0.2) is 37.1 Å². The van der Waals surface area contributed by atoms with Crippen LogP contribution >= 0.6 is 0 Å². The Kier molecular flexibility index (Phi) is 3.32. The van der Waals surface area contributed by atoms with Crippen molar-refractivity contribution in [2.75, 3.05) is 20.6 Å². The molecular weight excluding hydrogens is 142 g/mol. The Bertz CT molecular complexity index is 137. The van der Waals surface area contributed by atoms with E-state index in [1.54, 1.807) is 14.1 Å². The van der Waals surface area contributed by atoms with E-state index in [4.69, 9.17) is 5.73 Å². The molecule has 0 atom stereocenters. The molecular formula is C7H17N3O. The van der Waals surface area contributed by atoms with E-state index in [9.17, 15) is 4.79 Å². The molecule has 0 rings (SSSR count). The molecule has 3 N–H and O–H groups in total. The smallest absolute Gasteiger partial charge is 0.316 e. The van der Waals surface area contributed by atoms with Crippen molar-refractivity contribution in [3.63, 3.8) is 0 Å². The van der Waals surface area contributed by atoms with Crippen molar-refractivity contribution < 1.29 is 4.79 Å². The molecule has 0 aliphatic heterocycles. The van der Waals surface area contributed by atoms with Crippen LogP contribution in [0.1, 0.15) is 13.8 Å². The minimum Gasteiger partial charge on any atom is -0.336 e. The zero-order valence-electron chi connectivity index (χ0n) is 7.64. The van der Waals surface area contributed by atoms with Crippen LogP contribution in [0.4, 0.5) is 4.79 Å². The Morgan fingerprint density at radius 1 is 1.55 bits per heavy atom. The van der Waals surface area contributed by atoms with Gasteiger partial charge in [-0.15, -0.1) is 0 Å². The van der Waals surface area contributed by atoms with Crippen LogP contribution in [0, 0.1) is 0 Å². The second kappa shape index (κ2) is 3.57. The van der Waals surface area contributed by atoms with E-state index >= 15 is 0 Å². The van der Waals surface area contributed by atoms with Crippen molar-refractivity contribution in [1.82, 2.24) is 10.2 Å². The van der Waals surface area contributed by atoms with E-state index in [-0.39, 0.29) is 11.6 Å². The van der Waals surface area contributed by atoms with Gasteiger partial charge in [-0.05, 0) is 13.8 Å². The first-order valence-corrected chi connectivity index (χ1v) is 3.57. The molecule has 0 aliphatic carbocycles. The second-order valence-corrected chi connectivity index (χ2v) is 3.54. The van der Waals surface area contributed by atoms with Crippen LogP contribution in [0.3, 0.4) is 0 Å². The van der Waals surface area contributed by atoms with E-state index in [0.29, 0.717) is 6.54 Å². The van der Waals surface area contributed by atoms with Gasteiger partial charge in [-0.3, -0.25) is 0 Å². The summed E-state index contributed by atoms with van der Waals surface area (Å²) in [6, 6.07) is -0.108. The van der Waals surface area contributed by atoms with Crippen LogP contribution < -0.4 is 11.1 Å². The van der Waals surface area contributed by atoms with Gasteiger partial charge >= 0.3 is 6.03 Å². The lowest BCUT2D eigenvalue weighted by molar-refractivity contribution is 0.215. The van der Waals surface area contributed by atoms with Crippen LogP contribution in [0.5, 0.6) is 0 Å². The Balaban J connectivity index is 3.64. The number of amides is 2. The molecule has 4 heteroatoms. The number of carbonyl (C=O) groups is 1. The summed E-state index contributed by atoms with van der Waals surface area (Å²) in [6.07, 6.45) is 0. The van der Waals surface area contributed by atoms with Crippen LogP contribution in [0.15, 0.2) is 0 Å². The number of carbonyl (C=O) groups excluding carboxylic acids is 1. The highest BCUT2D eigenvalue weighted by atomic mass is 16.2. The largest absolute Gasteiger partial charge is 0.336 e. The summed E-state index contributed by atoms with van der Waals surface area (Å²) in [5, 5.41) is 2.68. The summed E-state index contributed by atoms with van der Waals surface area (Å²) in [7, 11) is 3.39. The first-order chi connectivity index (χ1) is 4.83. The number of hydrogen-bond acceptors (Lipinski definition) is 2. The first-order valence-electron chi connectivity index (χ1n) is 3.57. The maximum Gasteiger partial charge on any atom is 0.316 e. The fourth-order valence-corrected chi connectivity index (χ4v) is 0.462.